The fraction of sp³-hybridized carbons (Fsp3) is 0.750. The van der Waals surface area contributed by atoms with E-state index in [0.29, 0.717) is 48.3 Å². The molecule has 1 aromatic carbocycles. The molecule has 3 aliphatic carbocycles. The molecule has 9 heteroatoms. The predicted octanol–water partition coefficient (Wildman–Crippen LogP) is 5.50. The van der Waals surface area contributed by atoms with Gasteiger partial charge in [0.25, 0.3) is 0 Å². The third kappa shape index (κ3) is 4.82. The van der Waals surface area contributed by atoms with Gasteiger partial charge in [0.05, 0.1) is 37.3 Å². The topological polar surface area (TPSA) is 72.5 Å². The SMILES string of the molecule is COc1c(C[C@@H](Cl)B2OC3C[C@H]4C[C@@H](C4(C)C)[C@]3(C)O2)ccc(C2OCCCO2)c1C(=O)OC(C)(C)C. The van der Waals surface area contributed by atoms with Gasteiger partial charge < -0.3 is 28.3 Å². The first-order chi connectivity index (χ1) is 17.3. The van der Waals surface area contributed by atoms with E-state index < -0.39 is 30.3 Å². The number of methoxy groups -OCH3 is 1. The average Bonchev–Trinajstić information content (AvgIpc) is 3.20. The van der Waals surface area contributed by atoms with E-state index in [4.69, 9.17) is 39.9 Å². The van der Waals surface area contributed by atoms with Crippen LogP contribution < -0.4 is 4.74 Å². The molecule has 2 aliphatic heterocycles. The van der Waals surface area contributed by atoms with E-state index in [1.165, 1.54) is 6.42 Å². The average molecular weight is 535 g/mol. The summed E-state index contributed by atoms with van der Waals surface area (Å²) in [7, 11) is 1.02. The molecule has 0 radical (unpaired) electrons. The van der Waals surface area contributed by atoms with E-state index in [-0.39, 0.29) is 17.1 Å². The van der Waals surface area contributed by atoms with E-state index >= 15 is 0 Å². The van der Waals surface area contributed by atoms with Gasteiger partial charge >= 0.3 is 13.1 Å². The molecule has 204 valence electrons. The fourth-order valence-electron chi connectivity index (χ4n) is 6.80. The molecule has 6 rings (SSSR count). The summed E-state index contributed by atoms with van der Waals surface area (Å²) in [6.07, 6.45) is 2.79. The maximum atomic E-state index is 13.4. The Bertz CT molecular complexity index is 1030. The van der Waals surface area contributed by atoms with Crippen LogP contribution in [0.4, 0.5) is 0 Å². The van der Waals surface area contributed by atoms with E-state index in [1.54, 1.807) is 7.11 Å². The van der Waals surface area contributed by atoms with Gasteiger partial charge in [-0.1, -0.05) is 26.0 Å². The van der Waals surface area contributed by atoms with E-state index in [1.807, 2.05) is 32.9 Å². The molecule has 2 saturated heterocycles. The van der Waals surface area contributed by atoms with Gasteiger partial charge in [-0.2, -0.15) is 0 Å². The second-order valence-electron chi connectivity index (χ2n) is 12.7. The van der Waals surface area contributed by atoms with Crippen molar-refractivity contribution in [2.75, 3.05) is 20.3 Å². The van der Waals surface area contributed by atoms with Gasteiger partial charge in [0, 0.05) is 5.56 Å². The minimum atomic E-state index is -0.676. The highest BCUT2D eigenvalue weighted by Crippen LogP contribution is 2.65. The highest BCUT2D eigenvalue weighted by atomic mass is 35.5. The molecule has 3 saturated carbocycles. The van der Waals surface area contributed by atoms with Crippen LogP contribution in [0.25, 0.3) is 0 Å². The van der Waals surface area contributed by atoms with E-state index in [2.05, 4.69) is 20.8 Å². The number of esters is 1. The van der Waals surface area contributed by atoms with Gasteiger partial charge in [0.1, 0.15) is 16.9 Å². The van der Waals surface area contributed by atoms with Crippen LogP contribution in [-0.2, 0) is 29.9 Å². The Morgan fingerprint density at radius 3 is 2.51 bits per heavy atom. The van der Waals surface area contributed by atoms with Crippen molar-refractivity contribution in [3.05, 3.63) is 28.8 Å². The van der Waals surface area contributed by atoms with Crippen molar-refractivity contribution in [3.8, 4) is 5.75 Å². The summed E-state index contributed by atoms with van der Waals surface area (Å²) in [6.45, 7) is 13.5. The van der Waals surface area contributed by atoms with Crippen LogP contribution in [0.3, 0.4) is 0 Å². The lowest BCUT2D eigenvalue weighted by atomic mass is 9.43. The molecular formula is C28H40BClO7. The summed E-state index contributed by atoms with van der Waals surface area (Å²) in [5, 5.41) is -0.462. The summed E-state index contributed by atoms with van der Waals surface area (Å²) in [5.41, 5.74) is 0.929. The number of hydrogen-bond acceptors (Lipinski definition) is 7. The fourth-order valence-corrected chi connectivity index (χ4v) is 7.07. The van der Waals surface area contributed by atoms with Crippen LogP contribution >= 0.6 is 11.6 Å². The zero-order valence-electron chi connectivity index (χ0n) is 23.1. The minimum Gasteiger partial charge on any atom is -0.496 e. The summed E-state index contributed by atoms with van der Waals surface area (Å²) < 4.78 is 36.2. The normalized spacial score (nSPS) is 31.9. The molecule has 1 aromatic rings. The molecule has 37 heavy (non-hydrogen) atoms. The Morgan fingerprint density at radius 1 is 1.19 bits per heavy atom. The number of rotatable bonds is 6. The van der Waals surface area contributed by atoms with Crippen molar-refractivity contribution in [1.29, 1.82) is 0 Å². The largest absolute Gasteiger partial charge is 0.496 e. The molecule has 0 aromatic heterocycles. The van der Waals surface area contributed by atoms with Crippen LogP contribution in [0.1, 0.15) is 88.6 Å². The van der Waals surface area contributed by atoms with Crippen LogP contribution in [0.2, 0.25) is 0 Å². The first-order valence-electron chi connectivity index (χ1n) is 13.5. The summed E-state index contributed by atoms with van der Waals surface area (Å²) in [4.78, 5) is 13.4. The number of hydrogen-bond donors (Lipinski definition) is 0. The van der Waals surface area contributed by atoms with Crippen molar-refractivity contribution in [2.45, 2.75) is 96.1 Å². The first kappa shape index (κ1) is 27.3. The van der Waals surface area contributed by atoms with Gasteiger partial charge in [-0.05, 0) is 76.2 Å². The van der Waals surface area contributed by atoms with Crippen molar-refractivity contribution < 1.29 is 33.1 Å². The molecule has 0 spiro atoms. The summed E-state index contributed by atoms with van der Waals surface area (Å²) >= 11 is 6.97. The van der Waals surface area contributed by atoms with Crippen molar-refractivity contribution in [2.24, 2.45) is 17.3 Å². The molecule has 2 bridgehead atoms. The second-order valence-corrected chi connectivity index (χ2v) is 13.3. The highest BCUT2D eigenvalue weighted by Gasteiger charge is 2.68. The van der Waals surface area contributed by atoms with Crippen LogP contribution in [0.5, 0.6) is 5.75 Å². The lowest BCUT2D eigenvalue weighted by Gasteiger charge is -2.64. The predicted molar refractivity (Wildman–Crippen MR) is 141 cm³/mol. The first-order valence-corrected chi connectivity index (χ1v) is 13.9. The molecule has 1 unspecified atom stereocenters. The molecular weight excluding hydrogens is 495 g/mol. The summed E-state index contributed by atoms with van der Waals surface area (Å²) in [6, 6.07) is 3.77. The molecule has 5 atom stereocenters. The molecule has 2 heterocycles. The number of halogens is 1. The highest BCUT2D eigenvalue weighted by molar-refractivity contribution is 6.60. The summed E-state index contributed by atoms with van der Waals surface area (Å²) in [5.74, 6) is 1.06. The molecule has 5 aliphatic rings. The van der Waals surface area contributed by atoms with Gasteiger partial charge in [0.2, 0.25) is 0 Å². The number of carbonyl (C=O) groups is 1. The smallest absolute Gasteiger partial charge is 0.477 e. The second kappa shape index (κ2) is 9.70. The number of alkyl halides is 1. The van der Waals surface area contributed by atoms with Crippen molar-refractivity contribution >= 4 is 24.7 Å². The van der Waals surface area contributed by atoms with Crippen molar-refractivity contribution in [1.82, 2.24) is 0 Å². The lowest BCUT2D eigenvalue weighted by Crippen LogP contribution is -2.65. The number of ether oxygens (including phenoxy) is 4. The van der Waals surface area contributed by atoms with Crippen molar-refractivity contribution in [3.63, 3.8) is 0 Å². The third-order valence-corrected chi connectivity index (χ3v) is 9.20. The quantitative estimate of drug-likeness (QED) is 0.271. The Hall–Kier alpha value is -1.32. The number of benzene rings is 1. The standard InChI is InChI=1S/C28H40BClO7/c1-26(2,3)35-24(31)22-18(25-33-11-8-12-34-25)10-9-16(23(22)32-7)13-21(30)29-36-20-15-17-14-19(27(17,4)5)28(20,6)37-29/h9-10,17,19-21,25H,8,11-15H2,1-7H3/t17-,19+,20?,21-,28+/m1/s1. The Morgan fingerprint density at radius 2 is 1.89 bits per heavy atom. The van der Waals surface area contributed by atoms with Gasteiger partial charge in [0.15, 0.2) is 6.29 Å². The van der Waals surface area contributed by atoms with E-state index in [0.717, 1.165) is 18.4 Å². The van der Waals surface area contributed by atoms with Crippen LogP contribution in [0, 0.1) is 17.3 Å². The number of carbonyl (C=O) groups excluding carboxylic acids is 1. The zero-order valence-corrected chi connectivity index (χ0v) is 23.9. The molecule has 0 N–H and O–H groups in total. The maximum Gasteiger partial charge on any atom is 0.477 e. The van der Waals surface area contributed by atoms with Crippen LogP contribution in [0.15, 0.2) is 12.1 Å². The zero-order chi connectivity index (χ0) is 26.8. The van der Waals surface area contributed by atoms with Gasteiger partial charge in [-0.25, -0.2) is 4.79 Å². The Kier molecular flexibility index (Phi) is 7.15. The lowest BCUT2D eigenvalue weighted by molar-refractivity contribution is -0.199. The van der Waals surface area contributed by atoms with Gasteiger partial charge in [-0.3, -0.25) is 0 Å². The third-order valence-electron chi connectivity index (χ3n) is 8.84. The Labute approximate surface area is 225 Å². The van der Waals surface area contributed by atoms with Gasteiger partial charge in [-0.15, -0.1) is 11.6 Å². The maximum absolute atomic E-state index is 13.4. The minimum absolute atomic E-state index is 0.0534. The molecule has 0 amide bonds. The molecule has 7 nitrogen and oxygen atoms in total. The Balaban J connectivity index is 1.41. The van der Waals surface area contributed by atoms with E-state index in [9.17, 15) is 4.79 Å². The van der Waals surface area contributed by atoms with Crippen LogP contribution in [-0.4, -0.2) is 56.0 Å². The molecule has 5 fully saturated rings. The monoisotopic (exact) mass is 534 g/mol.